The van der Waals surface area contributed by atoms with Gasteiger partial charge in [0.15, 0.2) is 9.84 Å². The highest BCUT2D eigenvalue weighted by Crippen LogP contribution is 2.29. The van der Waals surface area contributed by atoms with E-state index in [-0.39, 0.29) is 31.1 Å². The number of nitriles is 1. The molecule has 1 heterocycles. The highest BCUT2D eigenvalue weighted by molar-refractivity contribution is 7.92. The van der Waals surface area contributed by atoms with Gasteiger partial charge in [0.25, 0.3) is 0 Å². The molecule has 0 spiro atoms. The molecule has 0 unspecified atom stereocenters. The lowest BCUT2D eigenvalue weighted by Crippen LogP contribution is -2.59. The first kappa shape index (κ1) is 24.1. The van der Waals surface area contributed by atoms with Crippen molar-refractivity contribution >= 4 is 28.2 Å². The first-order valence-corrected chi connectivity index (χ1v) is 10.1. The third-order valence-corrected chi connectivity index (χ3v) is 7.56. The van der Waals surface area contributed by atoms with Crippen LogP contribution in [0.1, 0.15) is 25.8 Å². The van der Waals surface area contributed by atoms with Gasteiger partial charge in [-0.25, -0.2) is 12.8 Å². The van der Waals surface area contributed by atoms with Gasteiger partial charge < -0.3 is 15.4 Å². The number of methoxy groups -OCH3 is 1. The maximum atomic E-state index is 13.6. The highest BCUT2D eigenvalue weighted by atomic mass is 35.5. The van der Waals surface area contributed by atoms with Gasteiger partial charge in [0.2, 0.25) is 5.91 Å². The molecule has 7 nitrogen and oxygen atoms in total. The Morgan fingerprint density at radius 3 is 2.71 bits per heavy atom. The van der Waals surface area contributed by atoms with Crippen LogP contribution in [0, 0.1) is 11.3 Å². The van der Waals surface area contributed by atoms with Crippen LogP contribution in [0.5, 0.6) is 5.75 Å². The van der Waals surface area contributed by atoms with E-state index in [2.05, 4.69) is 0 Å². The molecule has 0 bridgehead atoms. The fraction of sp³-hybridized carbons (Fsp3) is 0.556. The van der Waals surface area contributed by atoms with Crippen molar-refractivity contribution in [3.05, 3.63) is 29.8 Å². The van der Waals surface area contributed by atoms with Crippen LogP contribution < -0.4 is 10.5 Å². The van der Waals surface area contributed by atoms with E-state index >= 15 is 0 Å². The minimum Gasteiger partial charge on any atom is -0.497 e. The second kappa shape index (κ2) is 9.07. The molecule has 156 valence electrons. The molecule has 2 rings (SSSR count). The van der Waals surface area contributed by atoms with Crippen molar-refractivity contribution in [1.29, 1.82) is 5.26 Å². The summed E-state index contributed by atoms with van der Waals surface area (Å²) >= 11 is 0. The van der Waals surface area contributed by atoms with E-state index in [1.807, 2.05) is 6.07 Å². The minimum atomic E-state index is -3.85. The predicted molar refractivity (Wildman–Crippen MR) is 106 cm³/mol. The van der Waals surface area contributed by atoms with Crippen LogP contribution in [0.25, 0.3) is 0 Å². The van der Waals surface area contributed by atoms with Crippen LogP contribution in [0.3, 0.4) is 0 Å². The summed E-state index contributed by atoms with van der Waals surface area (Å²) in [5, 5.41) is 9.11. The summed E-state index contributed by atoms with van der Waals surface area (Å²) in [6.45, 7) is 2.49. The summed E-state index contributed by atoms with van der Waals surface area (Å²) in [6.07, 6.45) is -1.41. The Labute approximate surface area is 171 Å². The number of hydrogen-bond acceptors (Lipinski definition) is 6. The molecule has 0 saturated carbocycles. The fourth-order valence-corrected chi connectivity index (χ4v) is 4.47. The number of likely N-dealkylation sites (tertiary alicyclic amines) is 1. The van der Waals surface area contributed by atoms with Gasteiger partial charge in [0.05, 0.1) is 30.2 Å². The normalized spacial score (nSPS) is 20.8. The van der Waals surface area contributed by atoms with Crippen molar-refractivity contribution < 1.29 is 22.3 Å². The van der Waals surface area contributed by atoms with Gasteiger partial charge in [-0.3, -0.25) is 4.79 Å². The second-order valence-corrected chi connectivity index (χ2v) is 9.73. The number of nitrogens with two attached hydrogens (primary N) is 1. The molecule has 0 aliphatic carbocycles. The number of benzene rings is 1. The molecule has 10 heteroatoms. The van der Waals surface area contributed by atoms with Gasteiger partial charge in [-0.15, -0.1) is 12.4 Å². The standard InChI is InChI=1S/C18H24FN3O4S.ClH/c1-18(2,16(21)17(23)22-10-13(19)8-14(22)9-20)27(24,25)11-12-5-4-6-15(7-12)26-3;/h4-7,13-14,16H,8,10-11,21H2,1-3H3;1H/t13-,14-,16+;/m0./s1. The number of hydrogen-bond donors (Lipinski definition) is 1. The third kappa shape index (κ3) is 4.74. The van der Waals surface area contributed by atoms with E-state index in [1.54, 1.807) is 24.3 Å². The lowest BCUT2D eigenvalue weighted by atomic mass is 10.0. The van der Waals surface area contributed by atoms with Crippen LogP contribution >= 0.6 is 12.4 Å². The summed E-state index contributed by atoms with van der Waals surface area (Å²) in [5.74, 6) is -0.546. The van der Waals surface area contributed by atoms with Crippen molar-refractivity contribution in [2.45, 2.75) is 49.0 Å². The summed E-state index contributed by atoms with van der Waals surface area (Å²) < 4.78 is 43.0. The first-order chi connectivity index (χ1) is 12.5. The van der Waals surface area contributed by atoms with E-state index in [4.69, 9.17) is 15.7 Å². The Morgan fingerprint density at radius 2 is 2.14 bits per heavy atom. The fourth-order valence-electron chi connectivity index (χ4n) is 2.99. The number of amides is 1. The summed E-state index contributed by atoms with van der Waals surface area (Å²) in [7, 11) is -2.38. The van der Waals surface area contributed by atoms with Crippen molar-refractivity contribution in [3.8, 4) is 11.8 Å². The molecule has 1 amide bonds. The Morgan fingerprint density at radius 1 is 1.50 bits per heavy atom. The molecule has 1 aliphatic heterocycles. The Kier molecular flexibility index (Phi) is 7.82. The maximum absolute atomic E-state index is 13.6. The summed E-state index contributed by atoms with van der Waals surface area (Å²) in [6, 6.07) is 6.12. The minimum absolute atomic E-state index is 0. The molecule has 28 heavy (non-hydrogen) atoms. The van der Waals surface area contributed by atoms with Gasteiger partial charge in [-0.2, -0.15) is 5.26 Å². The summed E-state index contributed by atoms with van der Waals surface area (Å²) in [4.78, 5) is 13.7. The predicted octanol–water partition coefficient (Wildman–Crippen LogP) is 1.60. The molecular formula is C18H25ClFN3O4S. The van der Waals surface area contributed by atoms with E-state index in [9.17, 15) is 17.6 Å². The van der Waals surface area contributed by atoms with E-state index in [0.717, 1.165) is 4.90 Å². The molecule has 1 aliphatic rings. The maximum Gasteiger partial charge on any atom is 0.242 e. The average molecular weight is 434 g/mol. The Balaban J connectivity index is 0.00000392. The van der Waals surface area contributed by atoms with Crippen LogP contribution in [-0.2, 0) is 20.4 Å². The van der Waals surface area contributed by atoms with Gasteiger partial charge >= 0.3 is 0 Å². The van der Waals surface area contributed by atoms with Gasteiger partial charge in [0, 0.05) is 6.42 Å². The van der Waals surface area contributed by atoms with Crippen molar-refractivity contribution in [2.75, 3.05) is 13.7 Å². The topological polar surface area (TPSA) is 113 Å². The summed E-state index contributed by atoms with van der Waals surface area (Å²) in [5.41, 5.74) is 6.51. The number of halogens is 2. The third-order valence-electron chi connectivity index (χ3n) is 4.99. The van der Waals surface area contributed by atoms with Gasteiger partial charge in [0.1, 0.15) is 24.0 Å². The van der Waals surface area contributed by atoms with Gasteiger partial charge in [-0.1, -0.05) is 12.1 Å². The molecule has 1 aromatic carbocycles. The van der Waals surface area contributed by atoms with E-state index in [1.165, 1.54) is 21.0 Å². The zero-order valence-corrected chi connectivity index (χ0v) is 17.6. The second-order valence-electron chi connectivity index (χ2n) is 7.16. The number of nitrogens with zero attached hydrogens (tertiary/aromatic N) is 2. The lowest BCUT2D eigenvalue weighted by Gasteiger charge is -2.33. The molecule has 1 saturated heterocycles. The molecule has 0 aromatic heterocycles. The van der Waals surface area contributed by atoms with Crippen LogP contribution in [-0.4, -0.2) is 55.9 Å². The van der Waals surface area contributed by atoms with Crippen LogP contribution in [0.4, 0.5) is 4.39 Å². The van der Waals surface area contributed by atoms with Crippen LogP contribution in [0.15, 0.2) is 24.3 Å². The van der Waals surface area contributed by atoms with E-state index in [0.29, 0.717) is 11.3 Å². The van der Waals surface area contributed by atoms with Crippen molar-refractivity contribution in [2.24, 2.45) is 5.73 Å². The molecule has 2 N–H and O–H groups in total. The smallest absolute Gasteiger partial charge is 0.242 e. The Bertz CT molecular complexity index is 857. The molecule has 0 radical (unpaired) electrons. The number of rotatable bonds is 6. The quantitative estimate of drug-likeness (QED) is 0.728. The van der Waals surface area contributed by atoms with Gasteiger partial charge in [-0.05, 0) is 31.5 Å². The molecular weight excluding hydrogens is 409 g/mol. The number of carbonyl (C=O) groups excluding carboxylic acids is 1. The zero-order valence-electron chi connectivity index (χ0n) is 16.0. The lowest BCUT2D eigenvalue weighted by molar-refractivity contribution is -0.133. The van der Waals surface area contributed by atoms with E-state index < -0.39 is 38.7 Å². The van der Waals surface area contributed by atoms with Crippen molar-refractivity contribution in [1.82, 2.24) is 4.90 Å². The Hall–Kier alpha value is -1.89. The average Bonchev–Trinajstić information content (AvgIpc) is 3.00. The van der Waals surface area contributed by atoms with Crippen molar-refractivity contribution in [3.63, 3.8) is 0 Å². The monoisotopic (exact) mass is 433 g/mol. The molecule has 1 fully saturated rings. The number of ether oxygens (including phenoxy) is 1. The number of carbonyl (C=O) groups is 1. The molecule has 3 atom stereocenters. The molecule has 1 aromatic rings. The number of alkyl halides is 1. The SMILES string of the molecule is COc1cccc(CS(=O)(=O)C(C)(C)[C@H](N)C(=O)N2C[C@@H](F)C[C@H]2C#N)c1.Cl. The number of sulfone groups is 1. The highest BCUT2D eigenvalue weighted by Gasteiger charge is 2.47. The largest absolute Gasteiger partial charge is 0.497 e. The first-order valence-electron chi connectivity index (χ1n) is 8.48. The zero-order chi connectivity index (χ0) is 20.4. The van der Waals surface area contributed by atoms with Crippen LogP contribution in [0.2, 0.25) is 0 Å².